The number of rotatable bonds is 2. The number of hydrogen-bond donors (Lipinski definition) is 1. The van der Waals surface area contributed by atoms with Crippen molar-refractivity contribution in [3.8, 4) is 0 Å². The molecular weight excluding hydrogens is 447 g/mol. The lowest BCUT2D eigenvalue weighted by Gasteiger charge is -2.09. The fraction of sp³-hybridized carbons (Fsp3) is 0. The molecule has 98 valence electrons. The summed E-state index contributed by atoms with van der Waals surface area (Å²) < 4.78 is 14.5. The fourth-order valence-corrected chi connectivity index (χ4v) is 2.81. The van der Waals surface area contributed by atoms with Gasteiger partial charge < -0.3 is 5.32 Å². The van der Waals surface area contributed by atoms with Crippen molar-refractivity contribution in [1.29, 1.82) is 0 Å². The van der Waals surface area contributed by atoms with Gasteiger partial charge in [0, 0.05) is 3.57 Å². The van der Waals surface area contributed by atoms with E-state index in [1.165, 1.54) is 18.2 Å². The van der Waals surface area contributed by atoms with E-state index in [0.29, 0.717) is 10.7 Å². The van der Waals surface area contributed by atoms with E-state index in [1.807, 2.05) is 6.07 Å². The van der Waals surface area contributed by atoms with E-state index < -0.39 is 11.7 Å². The van der Waals surface area contributed by atoms with Crippen LogP contribution in [-0.4, -0.2) is 5.91 Å². The van der Waals surface area contributed by atoms with Crippen LogP contribution in [0.1, 0.15) is 10.4 Å². The predicted octanol–water partition coefficient (Wildman–Crippen LogP) is 5.10. The van der Waals surface area contributed by atoms with Crippen LogP contribution in [0.4, 0.5) is 10.1 Å². The van der Waals surface area contributed by atoms with Gasteiger partial charge in [-0.15, -0.1) is 0 Å². The number of amides is 1. The van der Waals surface area contributed by atoms with E-state index in [0.717, 1.165) is 3.57 Å². The van der Waals surface area contributed by atoms with Crippen molar-refractivity contribution in [2.45, 2.75) is 0 Å². The monoisotopic (exact) mass is 453 g/mol. The Morgan fingerprint density at radius 3 is 2.74 bits per heavy atom. The molecule has 2 rings (SSSR count). The van der Waals surface area contributed by atoms with Gasteiger partial charge in [0.1, 0.15) is 5.82 Å². The molecule has 1 N–H and O–H groups in total. The molecule has 1 amide bonds. The Kier molecular flexibility index (Phi) is 4.81. The van der Waals surface area contributed by atoms with E-state index in [1.54, 1.807) is 12.1 Å². The molecule has 0 unspecified atom stereocenters. The highest BCUT2D eigenvalue weighted by Gasteiger charge is 2.14. The molecule has 0 spiro atoms. The zero-order valence-corrected chi connectivity index (χ0v) is 13.9. The van der Waals surface area contributed by atoms with Crippen molar-refractivity contribution >= 4 is 61.7 Å². The SMILES string of the molecule is O=C(Nc1ccc(I)cc1Cl)c1cccc(F)c1Br. The molecule has 6 heteroatoms. The molecule has 0 aliphatic carbocycles. The second kappa shape index (κ2) is 6.19. The van der Waals surface area contributed by atoms with Crippen LogP contribution in [0.25, 0.3) is 0 Å². The molecule has 0 saturated heterocycles. The largest absolute Gasteiger partial charge is 0.321 e. The maximum Gasteiger partial charge on any atom is 0.256 e. The van der Waals surface area contributed by atoms with Crippen molar-refractivity contribution in [2.24, 2.45) is 0 Å². The van der Waals surface area contributed by atoms with E-state index in [4.69, 9.17) is 11.6 Å². The molecule has 0 aromatic heterocycles. The number of carbonyl (C=O) groups is 1. The fourth-order valence-electron chi connectivity index (χ4n) is 1.46. The van der Waals surface area contributed by atoms with Gasteiger partial charge in [0.2, 0.25) is 0 Å². The molecule has 19 heavy (non-hydrogen) atoms. The van der Waals surface area contributed by atoms with Crippen LogP contribution in [-0.2, 0) is 0 Å². The number of anilines is 1. The van der Waals surface area contributed by atoms with E-state index in [2.05, 4.69) is 43.8 Å². The Hall–Kier alpha value is -0.660. The highest BCUT2D eigenvalue weighted by Crippen LogP contribution is 2.26. The molecule has 0 radical (unpaired) electrons. The molecule has 2 aromatic rings. The maximum atomic E-state index is 13.4. The summed E-state index contributed by atoms with van der Waals surface area (Å²) in [5.41, 5.74) is 0.706. The predicted molar refractivity (Wildman–Crippen MR) is 86.2 cm³/mol. The average molecular weight is 454 g/mol. The minimum absolute atomic E-state index is 0.133. The first-order chi connectivity index (χ1) is 8.99. The molecule has 2 aromatic carbocycles. The molecule has 0 aliphatic heterocycles. The van der Waals surface area contributed by atoms with E-state index >= 15 is 0 Å². The summed E-state index contributed by atoms with van der Waals surface area (Å²) in [6.45, 7) is 0. The molecule has 0 saturated carbocycles. The number of benzene rings is 2. The van der Waals surface area contributed by atoms with Gasteiger partial charge >= 0.3 is 0 Å². The maximum absolute atomic E-state index is 13.4. The number of halogens is 4. The lowest BCUT2D eigenvalue weighted by atomic mass is 10.2. The van der Waals surface area contributed by atoms with Gasteiger partial charge in [-0.2, -0.15) is 0 Å². The molecule has 0 heterocycles. The van der Waals surface area contributed by atoms with E-state index in [9.17, 15) is 9.18 Å². The van der Waals surface area contributed by atoms with Crippen LogP contribution < -0.4 is 5.32 Å². The summed E-state index contributed by atoms with van der Waals surface area (Å²) in [6.07, 6.45) is 0. The first kappa shape index (κ1) is 14.7. The first-order valence-electron chi connectivity index (χ1n) is 5.19. The van der Waals surface area contributed by atoms with Crippen molar-refractivity contribution in [1.82, 2.24) is 0 Å². The standard InChI is InChI=1S/C13H7BrClFINO/c14-12-8(2-1-3-10(12)16)13(19)18-11-5-4-7(17)6-9(11)15/h1-6H,(H,18,19). The van der Waals surface area contributed by atoms with Crippen molar-refractivity contribution in [3.05, 3.63) is 60.8 Å². The second-order valence-corrected chi connectivity index (χ2v) is 6.13. The summed E-state index contributed by atoms with van der Waals surface area (Å²) in [7, 11) is 0. The quantitative estimate of drug-likeness (QED) is 0.629. The third kappa shape index (κ3) is 3.46. The molecular formula is C13H7BrClFINO. The number of carbonyl (C=O) groups excluding carboxylic acids is 1. The summed E-state index contributed by atoms with van der Waals surface area (Å²) in [5, 5.41) is 3.09. The minimum atomic E-state index is -0.485. The van der Waals surface area contributed by atoms with Gasteiger partial charge in [-0.25, -0.2) is 4.39 Å². The highest BCUT2D eigenvalue weighted by molar-refractivity contribution is 14.1. The van der Waals surface area contributed by atoms with Crippen molar-refractivity contribution in [3.63, 3.8) is 0 Å². The molecule has 0 bridgehead atoms. The number of nitrogens with one attached hydrogen (secondary N) is 1. The average Bonchev–Trinajstić information content (AvgIpc) is 2.36. The Morgan fingerprint density at radius 2 is 2.05 bits per heavy atom. The van der Waals surface area contributed by atoms with Crippen LogP contribution in [0.15, 0.2) is 40.9 Å². The summed E-state index contributed by atoms with van der Waals surface area (Å²) in [4.78, 5) is 12.1. The Morgan fingerprint density at radius 1 is 1.32 bits per heavy atom. The Balaban J connectivity index is 2.28. The molecule has 2 nitrogen and oxygen atoms in total. The second-order valence-electron chi connectivity index (χ2n) is 3.68. The lowest BCUT2D eigenvalue weighted by Crippen LogP contribution is -2.13. The van der Waals surface area contributed by atoms with Crippen LogP contribution in [0.5, 0.6) is 0 Å². The smallest absolute Gasteiger partial charge is 0.256 e. The van der Waals surface area contributed by atoms with Gasteiger partial charge in [0.15, 0.2) is 0 Å². The highest BCUT2D eigenvalue weighted by atomic mass is 127. The van der Waals surface area contributed by atoms with E-state index in [-0.39, 0.29) is 10.0 Å². The Labute approximate surface area is 136 Å². The minimum Gasteiger partial charge on any atom is -0.321 e. The first-order valence-corrected chi connectivity index (χ1v) is 7.44. The third-order valence-corrected chi connectivity index (χ3v) is 4.17. The van der Waals surface area contributed by atoms with Crippen LogP contribution in [0.2, 0.25) is 5.02 Å². The van der Waals surface area contributed by atoms with Gasteiger partial charge in [-0.3, -0.25) is 4.79 Å². The summed E-state index contributed by atoms with van der Waals surface area (Å²) in [5.74, 6) is -0.907. The van der Waals surface area contributed by atoms with Crippen LogP contribution in [0.3, 0.4) is 0 Å². The van der Waals surface area contributed by atoms with Crippen molar-refractivity contribution < 1.29 is 9.18 Å². The Bertz CT molecular complexity index is 651. The normalized spacial score (nSPS) is 10.3. The zero-order valence-electron chi connectivity index (χ0n) is 9.38. The zero-order chi connectivity index (χ0) is 14.0. The molecule has 0 fully saturated rings. The van der Waals surface area contributed by atoms with Gasteiger partial charge in [0.25, 0.3) is 5.91 Å². The summed E-state index contributed by atoms with van der Waals surface area (Å²) >= 11 is 11.2. The lowest BCUT2D eigenvalue weighted by molar-refractivity contribution is 0.102. The topological polar surface area (TPSA) is 29.1 Å². The summed E-state index contributed by atoms with van der Waals surface area (Å²) in [6, 6.07) is 9.54. The molecule has 0 aliphatic rings. The number of hydrogen-bond acceptors (Lipinski definition) is 1. The van der Waals surface area contributed by atoms with Crippen molar-refractivity contribution in [2.75, 3.05) is 5.32 Å². The van der Waals surface area contributed by atoms with Crippen LogP contribution in [0, 0.1) is 9.39 Å². The third-order valence-electron chi connectivity index (χ3n) is 2.38. The molecule has 0 atom stereocenters. The van der Waals surface area contributed by atoms with Gasteiger partial charge in [-0.1, -0.05) is 17.7 Å². The van der Waals surface area contributed by atoms with Crippen LogP contribution >= 0.6 is 50.1 Å². The van der Waals surface area contributed by atoms with Gasteiger partial charge in [-0.05, 0) is 68.9 Å². The van der Waals surface area contributed by atoms with Gasteiger partial charge in [0.05, 0.1) is 20.7 Å².